The lowest BCUT2D eigenvalue weighted by Gasteiger charge is -2.10. The predicted molar refractivity (Wildman–Crippen MR) is 128 cm³/mol. The molecule has 0 spiro atoms. The van der Waals surface area contributed by atoms with Crippen molar-refractivity contribution >= 4 is 22.7 Å². The molecule has 0 bridgehead atoms. The van der Waals surface area contributed by atoms with Crippen LogP contribution in [0.3, 0.4) is 0 Å². The van der Waals surface area contributed by atoms with Crippen LogP contribution in [0.1, 0.15) is 29.4 Å². The van der Waals surface area contributed by atoms with E-state index in [-0.39, 0.29) is 17.4 Å². The number of para-hydroxylation sites is 1. The zero-order valence-corrected chi connectivity index (χ0v) is 19.3. The maximum Gasteiger partial charge on any atom is 0.294 e. The number of aromatic nitrogens is 3. The van der Waals surface area contributed by atoms with Crippen LogP contribution in [-0.4, -0.2) is 20.9 Å². The van der Waals surface area contributed by atoms with E-state index >= 15 is 0 Å². The van der Waals surface area contributed by atoms with E-state index in [0.717, 1.165) is 21.1 Å². The zero-order valence-electron chi connectivity index (χ0n) is 18.5. The summed E-state index contributed by atoms with van der Waals surface area (Å²) in [5.41, 5.74) is 3.29. The van der Waals surface area contributed by atoms with Gasteiger partial charge in [-0.3, -0.25) is 9.89 Å². The van der Waals surface area contributed by atoms with E-state index < -0.39 is 0 Å². The summed E-state index contributed by atoms with van der Waals surface area (Å²) in [6.07, 6.45) is 0.0140. The van der Waals surface area contributed by atoms with Crippen molar-refractivity contribution < 1.29 is 4.74 Å². The SMILES string of the molecule is Cc1[nH]n(Cc2nc(-c3ccccc3)c(C)s2)c(=O)c1N=Nc1ccccc1OC(C)C. The minimum atomic E-state index is -0.234. The Bertz CT molecular complexity index is 1300. The summed E-state index contributed by atoms with van der Waals surface area (Å²) < 4.78 is 7.30. The highest BCUT2D eigenvalue weighted by molar-refractivity contribution is 7.12. The Labute approximate surface area is 190 Å². The minimum Gasteiger partial charge on any atom is -0.489 e. The average molecular weight is 448 g/mol. The maximum atomic E-state index is 13.0. The second kappa shape index (κ2) is 9.32. The van der Waals surface area contributed by atoms with Gasteiger partial charge in [0.1, 0.15) is 16.4 Å². The fraction of sp³-hybridized carbons (Fsp3) is 0.250. The highest BCUT2D eigenvalue weighted by atomic mass is 32.1. The Kier molecular flexibility index (Phi) is 6.32. The van der Waals surface area contributed by atoms with Crippen LogP contribution >= 0.6 is 11.3 Å². The van der Waals surface area contributed by atoms with Crippen LogP contribution in [0.4, 0.5) is 11.4 Å². The molecule has 0 radical (unpaired) electrons. The van der Waals surface area contributed by atoms with Crippen LogP contribution in [0.15, 0.2) is 69.6 Å². The Morgan fingerprint density at radius 2 is 1.78 bits per heavy atom. The summed E-state index contributed by atoms with van der Waals surface area (Å²) in [6, 6.07) is 17.4. The van der Waals surface area contributed by atoms with E-state index in [1.165, 1.54) is 4.68 Å². The minimum absolute atomic E-state index is 0.0140. The van der Waals surface area contributed by atoms with Gasteiger partial charge in [0.2, 0.25) is 0 Å². The van der Waals surface area contributed by atoms with E-state index in [9.17, 15) is 4.79 Å². The van der Waals surface area contributed by atoms with Gasteiger partial charge in [-0.05, 0) is 39.8 Å². The van der Waals surface area contributed by atoms with Gasteiger partial charge in [0.25, 0.3) is 5.56 Å². The van der Waals surface area contributed by atoms with Gasteiger partial charge in [0, 0.05) is 10.4 Å². The molecule has 2 aromatic heterocycles. The van der Waals surface area contributed by atoms with Crippen LogP contribution in [0.25, 0.3) is 11.3 Å². The molecule has 8 heteroatoms. The van der Waals surface area contributed by atoms with Gasteiger partial charge in [0.15, 0.2) is 5.69 Å². The van der Waals surface area contributed by atoms with E-state index in [0.29, 0.717) is 23.7 Å². The molecular formula is C24H25N5O2S. The molecule has 2 aromatic carbocycles. The molecule has 32 heavy (non-hydrogen) atoms. The smallest absolute Gasteiger partial charge is 0.294 e. The van der Waals surface area contributed by atoms with Gasteiger partial charge >= 0.3 is 0 Å². The van der Waals surface area contributed by atoms with Crippen molar-refractivity contribution in [2.45, 2.75) is 40.3 Å². The topological polar surface area (TPSA) is 84.6 Å². The molecule has 1 N–H and O–H groups in total. The van der Waals surface area contributed by atoms with Crippen LogP contribution in [0, 0.1) is 13.8 Å². The molecule has 0 atom stereocenters. The first-order valence-corrected chi connectivity index (χ1v) is 11.2. The number of benzene rings is 2. The number of rotatable bonds is 7. The Morgan fingerprint density at radius 1 is 1.06 bits per heavy atom. The van der Waals surface area contributed by atoms with Crippen molar-refractivity contribution in [2.24, 2.45) is 10.2 Å². The molecule has 0 aliphatic carbocycles. The summed E-state index contributed by atoms with van der Waals surface area (Å²) in [4.78, 5) is 18.8. The number of aryl methyl sites for hydroxylation is 2. The maximum absolute atomic E-state index is 13.0. The second-order valence-corrected chi connectivity index (χ2v) is 8.98. The summed E-state index contributed by atoms with van der Waals surface area (Å²) in [7, 11) is 0. The number of hydrogen-bond donors (Lipinski definition) is 1. The molecule has 2 heterocycles. The van der Waals surface area contributed by atoms with Crippen molar-refractivity contribution in [3.63, 3.8) is 0 Å². The highest BCUT2D eigenvalue weighted by Gasteiger charge is 2.15. The first-order chi connectivity index (χ1) is 15.4. The number of thiazole rings is 1. The van der Waals surface area contributed by atoms with E-state index in [2.05, 4.69) is 15.3 Å². The molecule has 0 saturated carbocycles. The number of nitrogens with zero attached hydrogens (tertiary/aromatic N) is 4. The molecule has 7 nitrogen and oxygen atoms in total. The zero-order chi connectivity index (χ0) is 22.7. The number of H-pyrrole nitrogens is 1. The second-order valence-electron chi connectivity index (χ2n) is 7.69. The third kappa shape index (κ3) is 4.70. The summed E-state index contributed by atoms with van der Waals surface area (Å²) in [5.74, 6) is 0.631. The van der Waals surface area contributed by atoms with Crippen molar-refractivity contribution in [3.8, 4) is 17.0 Å². The highest BCUT2D eigenvalue weighted by Crippen LogP contribution is 2.30. The molecule has 0 amide bonds. The molecule has 164 valence electrons. The van der Waals surface area contributed by atoms with Crippen molar-refractivity contribution in [1.82, 2.24) is 14.8 Å². The lowest BCUT2D eigenvalue weighted by atomic mass is 10.1. The Morgan fingerprint density at radius 3 is 2.53 bits per heavy atom. The van der Waals surface area contributed by atoms with Crippen LogP contribution in [0.2, 0.25) is 0 Å². The van der Waals surface area contributed by atoms with Gasteiger partial charge in [-0.2, -0.15) is 0 Å². The van der Waals surface area contributed by atoms with Gasteiger partial charge in [-0.25, -0.2) is 9.67 Å². The molecule has 0 fully saturated rings. The molecule has 0 aliphatic rings. The standard InChI is InChI=1S/C24H25N5O2S/c1-15(2)31-20-13-9-8-12-19(20)26-27-22-16(3)28-29(24(22)30)14-21-25-23(17(4)32-21)18-10-6-5-7-11-18/h5-13,15,28H,14H2,1-4H3. The number of azo groups is 1. The van der Waals surface area contributed by atoms with Crippen molar-refractivity contribution in [3.05, 3.63) is 80.5 Å². The largest absolute Gasteiger partial charge is 0.489 e. The van der Waals surface area contributed by atoms with E-state index in [4.69, 9.17) is 9.72 Å². The normalized spacial score (nSPS) is 11.5. The predicted octanol–water partition coefficient (Wildman–Crippen LogP) is 6.17. The van der Waals surface area contributed by atoms with Gasteiger partial charge < -0.3 is 4.74 Å². The monoisotopic (exact) mass is 447 g/mol. The van der Waals surface area contributed by atoms with Crippen LogP contribution < -0.4 is 10.3 Å². The number of hydrogen-bond acceptors (Lipinski definition) is 6. The molecule has 0 aliphatic heterocycles. The summed E-state index contributed by atoms with van der Waals surface area (Å²) >= 11 is 1.58. The van der Waals surface area contributed by atoms with Crippen LogP contribution in [0.5, 0.6) is 5.75 Å². The molecule has 0 saturated heterocycles. The van der Waals surface area contributed by atoms with Crippen LogP contribution in [-0.2, 0) is 6.54 Å². The average Bonchev–Trinajstić information content (AvgIpc) is 3.26. The Hall–Kier alpha value is -3.52. The summed E-state index contributed by atoms with van der Waals surface area (Å²) in [6.45, 7) is 8.10. The first-order valence-electron chi connectivity index (χ1n) is 10.4. The van der Waals surface area contributed by atoms with E-state index in [1.807, 2.05) is 82.3 Å². The molecule has 0 unspecified atom stereocenters. The summed E-state index contributed by atoms with van der Waals surface area (Å²) in [5, 5.41) is 12.5. The quantitative estimate of drug-likeness (QED) is 0.344. The fourth-order valence-corrected chi connectivity index (χ4v) is 4.28. The third-order valence-corrected chi connectivity index (χ3v) is 5.73. The lowest BCUT2D eigenvalue weighted by molar-refractivity contribution is 0.243. The van der Waals surface area contributed by atoms with Gasteiger partial charge in [-0.15, -0.1) is 21.6 Å². The number of aromatic amines is 1. The van der Waals surface area contributed by atoms with Gasteiger partial charge in [-0.1, -0.05) is 42.5 Å². The molecule has 4 rings (SSSR count). The molecular weight excluding hydrogens is 422 g/mol. The number of ether oxygens (including phenoxy) is 1. The Balaban J connectivity index is 1.59. The fourth-order valence-electron chi connectivity index (χ4n) is 3.34. The first kappa shape index (κ1) is 21.7. The van der Waals surface area contributed by atoms with Gasteiger partial charge in [0.05, 0.1) is 24.0 Å². The molecule has 4 aromatic rings. The number of nitrogens with one attached hydrogen (secondary N) is 1. The third-order valence-electron chi connectivity index (χ3n) is 4.77. The van der Waals surface area contributed by atoms with Crippen molar-refractivity contribution in [1.29, 1.82) is 0 Å². The lowest BCUT2D eigenvalue weighted by Crippen LogP contribution is -2.17. The van der Waals surface area contributed by atoms with E-state index in [1.54, 1.807) is 11.3 Å². The van der Waals surface area contributed by atoms with Crippen molar-refractivity contribution in [2.75, 3.05) is 0 Å².